The van der Waals surface area contributed by atoms with Gasteiger partial charge in [-0.2, -0.15) is 0 Å². The minimum atomic E-state index is -1.89. The molecule has 1 atom stereocenters. The van der Waals surface area contributed by atoms with Crippen molar-refractivity contribution in [2.24, 2.45) is 0 Å². The molecule has 1 aromatic heterocycles. The maximum Gasteiger partial charge on any atom is 0.407 e. The molecule has 0 aliphatic carbocycles. The van der Waals surface area contributed by atoms with Gasteiger partial charge in [-0.15, -0.1) is 0 Å². The highest BCUT2D eigenvalue weighted by Gasteiger charge is 2.21. The van der Waals surface area contributed by atoms with Crippen molar-refractivity contribution in [1.82, 2.24) is 10.3 Å². The smallest absolute Gasteiger partial charge is 0.407 e. The summed E-state index contributed by atoms with van der Waals surface area (Å²) in [4.78, 5) is 37.0. The minimum Gasteiger partial charge on any atom is -0.444 e. The summed E-state index contributed by atoms with van der Waals surface area (Å²) in [6.07, 6.45) is -0.234. The zero-order valence-corrected chi connectivity index (χ0v) is 12.2. The Morgan fingerprint density at radius 1 is 1.43 bits per heavy atom. The number of rotatable bonds is 5. The van der Waals surface area contributed by atoms with Crippen molar-refractivity contribution in [1.29, 1.82) is 0 Å². The molecule has 1 heterocycles. The summed E-state index contributed by atoms with van der Waals surface area (Å²) in [6.45, 7) is 4.53. The van der Waals surface area contributed by atoms with Crippen molar-refractivity contribution >= 4 is 11.9 Å². The summed E-state index contributed by atoms with van der Waals surface area (Å²) in [7, 11) is 0. The number of ether oxygens (including phenoxy) is 1. The SMILES string of the molecule is CC(C)(C)OC(=O)NCC(F)C(=O)Cc1c[nH]ccc1=O. The van der Waals surface area contributed by atoms with E-state index in [1.165, 1.54) is 18.5 Å². The number of alkyl halides is 1. The van der Waals surface area contributed by atoms with Crippen LogP contribution >= 0.6 is 0 Å². The monoisotopic (exact) mass is 298 g/mol. The Hall–Kier alpha value is -2.18. The molecule has 1 unspecified atom stereocenters. The Morgan fingerprint density at radius 3 is 2.67 bits per heavy atom. The van der Waals surface area contributed by atoms with Gasteiger partial charge >= 0.3 is 6.09 Å². The first kappa shape index (κ1) is 16.9. The molecule has 1 rings (SSSR count). The van der Waals surface area contributed by atoms with E-state index in [0.717, 1.165) is 0 Å². The summed E-state index contributed by atoms with van der Waals surface area (Å²) in [5.41, 5.74) is -0.853. The third-order valence-electron chi connectivity index (χ3n) is 2.44. The van der Waals surface area contributed by atoms with Crippen LogP contribution in [0.2, 0.25) is 0 Å². The first-order valence-corrected chi connectivity index (χ1v) is 6.48. The van der Waals surface area contributed by atoms with E-state index < -0.39 is 30.2 Å². The molecule has 116 valence electrons. The molecule has 0 bridgehead atoms. The summed E-state index contributed by atoms with van der Waals surface area (Å²) in [5.74, 6) is -0.775. The van der Waals surface area contributed by atoms with Gasteiger partial charge < -0.3 is 15.0 Å². The minimum absolute atomic E-state index is 0.183. The summed E-state index contributed by atoms with van der Waals surface area (Å²) < 4.78 is 18.6. The molecule has 0 aliphatic rings. The van der Waals surface area contributed by atoms with Gasteiger partial charge in [0.05, 0.1) is 6.54 Å². The van der Waals surface area contributed by atoms with Crippen LogP contribution in [0, 0.1) is 0 Å². The fraction of sp³-hybridized carbons (Fsp3) is 0.500. The van der Waals surface area contributed by atoms with Crippen molar-refractivity contribution in [2.45, 2.75) is 39.0 Å². The van der Waals surface area contributed by atoms with Crippen LogP contribution < -0.4 is 10.7 Å². The molecule has 6 nitrogen and oxygen atoms in total. The number of aromatic amines is 1. The molecule has 7 heteroatoms. The van der Waals surface area contributed by atoms with Crippen LogP contribution in [0.3, 0.4) is 0 Å². The van der Waals surface area contributed by atoms with Crippen LogP contribution in [0.15, 0.2) is 23.3 Å². The Balaban J connectivity index is 2.47. The lowest BCUT2D eigenvalue weighted by Gasteiger charge is -2.20. The summed E-state index contributed by atoms with van der Waals surface area (Å²) in [6, 6.07) is 1.26. The Kier molecular flexibility index (Phi) is 5.63. The Bertz CT molecular complexity index is 563. The highest BCUT2D eigenvalue weighted by molar-refractivity contribution is 5.85. The molecule has 1 aromatic rings. The maximum absolute atomic E-state index is 13.7. The molecule has 0 aromatic carbocycles. The fourth-order valence-corrected chi connectivity index (χ4v) is 1.49. The number of alkyl carbamates (subject to hydrolysis) is 1. The lowest BCUT2D eigenvalue weighted by molar-refractivity contribution is -0.123. The predicted molar refractivity (Wildman–Crippen MR) is 74.9 cm³/mol. The number of ketones is 1. The van der Waals surface area contributed by atoms with Gasteiger partial charge in [-0.1, -0.05) is 0 Å². The quantitative estimate of drug-likeness (QED) is 0.859. The second-order valence-corrected chi connectivity index (χ2v) is 5.53. The summed E-state index contributed by atoms with van der Waals surface area (Å²) in [5, 5.41) is 2.18. The molecule has 2 N–H and O–H groups in total. The van der Waals surface area contributed by atoms with E-state index in [-0.39, 0.29) is 17.4 Å². The van der Waals surface area contributed by atoms with Crippen LogP contribution in [0.4, 0.5) is 9.18 Å². The second kappa shape index (κ2) is 7.01. The van der Waals surface area contributed by atoms with Gasteiger partial charge in [-0.05, 0) is 20.8 Å². The molecular formula is C14H19FN2O4. The van der Waals surface area contributed by atoms with Crippen molar-refractivity contribution in [3.05, 3.63) is 34.2 Å². The predicted octanol–water partition coefficient (Wildman–Crippen LogP) is 1.35. The standard InChI is InChI=1S/C14H19FN2O4/c1-14(2,3)21-13(20)17-8-10(15)12(19)6-9-7-16-5-4-11(9)18/h4-5,7,10H,6,8H2,1-3H3,(H,16,18)(H,17,20). The third kappa shape index (κ3) is 6.20. The number of hydrogen-bond acceptors (Lipinski definition) is 4. The van der Waals surface area contributed by atoms with Crippen molar-refractivity contribution < 1.29 is 18.7 Å². The third-order valence-corrected chi connectivity index (χ3v) is 2.44. The molecule has 0 spiro atoms. The molecule has 21 heavy (non-hydrogen) atoms. The number of H-pyrrole nitrogens is 1. The topological polar surface area (TPSA) is 88.3 Å². The fourth-order valence-electron chi connectivity index (χ4n) is 1.49. The molecule has 0 saturated carbocycles. The first-order valence-electron chi connectivity index (χ1n) is 6.48. The maximum atomic E-state index is 13.7. The average molecular weight is 298 g/mol. The number of nitrogens with one attached hydrogen (secondary N) is 2. The van der Waals surface area contributed by atoms with Crippen molar-refractivity contribution in [3.8, 4) is 0 Å². The van der Waals surface area contributed by atoms with Gasteiger partial charge in [0.1, 0.15) is 5.60 Å². The largest absolute Gasteiger partial charge is 0.444 e. The molecule has 0 fully saturated rings. The number of pyridine rings is 1. The zero-order chi connectivity index (χ0) is 16.0. The molecule has 1 amide bonds. The number of carbonyl (C=O) groups is 2. The van der Waals surface area contributed by atoms with Crippen LogP contribution in [-0.2, 0) is 16.0 Å². The Morgan fingerprint density at radius 2 is 2.10 bits per heavy atom. The van der Waals surface area contributed by atoms with E-state index >= 15 is 0 Å². The Labute approximate surface area is 121 Å². The molecular weight excluding hydrogens is 279 g/mol. The highest BCUT2D eigenvalue weighted by Crippen LogP contribution is 2.06. The first-order chi connectivity index (χ1) is 9.69. The van der Waals surface area contributed by atoms with Crippen LogP contribution in [0.5, 0.6) is 0 Å². The van der Waals surface area contributed by atoms with Gasteiger partial charge in [0.25, 0.3) is 0 Å². The number of halogens is 1. The van der Waals surface area contributed by atoms with Gasteiger partial charge in [0.2, 0.25) is 0 Å². The van der Waals surface area contributed by atoms with E-state index in [1.807, 2.05) is 0 Å². The summed E-state index contributed by atoms with van der Waals surface area (Å²) >= 11 is 0. The van der Waals surface area contributed by atoms with Gasteiger partial charge in [0, 0.05) is 30.4 Å². The van der Waals surface area contributed by atoms with E-state index in [4.69, 9.17) is 4.74 Å². The number of aromatic nitrogens is 1. The lowest BCUT2D eigenvalue weighted by atomic mass is 10.1. The average Bonchev–Trinajstić information content (AvgIpc) is 2.36. The number of carbonyl (C=O) groups excluding carboxylic acids is 2. The van der Waals surface area contributed by atoms with Crippen LogP contribution in [0.25, 0.3) is 0 Å². The van der Waals surface area contributed by atoms with Gasteiger partial charge in [-0.3, -0.25) is 9.59 Å². The molecule has 0 aliphatic heterocycles. The van der Waals surface area contributed by atoms with E-state index in [1.54, 1.807) is 20.8 Å². The number of hydrogen-bond donors (Lipinski definition) is 2. The zero-order valence-electron chi connectivity index (χ0n) is 12.2. The normalized spacial score (nSPS) is 12.6. The highest BCUT2D eigenvalue weighted by atomic mass is 19.1. The van der Waals surface area contributed by atoms with Crippen LogP contribution in [-0.4, -0.2) is 35.2 Å². The van der Waals surface area contributed by atoms with E-state index in [9.17, 15) is 18.8 Å². The number of Topliss-reactive ketones (excluding diaryl/α,β-unsaturated/α-hetero) is 1. The molecule has 0 radical (unpaired) electrons. The molecule has 0 saturated heterocycles. The van der Waals surface area contributed by atoms with Crippen molar-refractivity contribution in [2.75, 3.05) is 6.54 Å². The second-order valence-electron chi connectivity index (χ2n) is 5.53. The van der Waals surface area contributed by atoms with E-state index in [2.05, 4.69) is 10.3 Å². The van der Waals surface area contributed by atoms with Crippen molar-refractivity contribution in [3.63, 3.8) is 0 Å². The van der Waals surface area contributed by atoms with Gasteiger partial charge in [-0.25, -0.2) is 9.18 Å². The van der Waals surface area contributed by atoms with Gasteiger partial charge in [0.15, 0.2) is 17.4 Å². The number of amides is 1. The van der Waals surface area contributed by atoms with E-state index in [0.29, 0.717) is 0 Å². The lowest BCUT2D eigenvalue weighted by Crippen LogP contribution is -2.38. The van der Waals surface area contributed by atoms with Crippen LogP contribution in [0.1, 0.15) is 26.3 Å².